The first-order valence-corrected chi connectivity index (χ1v) is 5.23. The van der Waals surface area contributed by atoms with Crippen LogP contribution in [0.1, 0.15) is 25.7 Å². The van der Waals surface area contributed by atoms with Crippen molar-refractivity contribution in [3.05, 3.63) is 0 Å². The van der Waals surface area contributed by atoms with Crippen molar-refractivity contribution in [2.24, 2.45) is 5.92 Å². The molecule has 13 heavy (non-hydrogen) atoms. The van der Waals surface area contributed by atoms with Crippen molar-refractivity contribution < 1.29 is 14.6 Å². The van der Waals surface area contributed by atoms with Crippen LogP contribution in [0.15, 0.2) is 0 Å². The van der Waals surface area contributed by atoms with Crippen LogP contribution in [-0.4, -0.2) is 37.1 Å². The molecule has 1 saturated carbocycles. The number of aliphatic hydroxyl groups is 1. The number of hydrogen-bond acceptors (Lipinski definition) is 3. The maximum absolute atomic E-state index is 9.54. The topological polar surface area (TPSA) is 38.7 Å². The Hall–Kier alpha value is -0.120. The fraction of sp³-hybridized carbons (Fsp3) is 1.00. The lowest BCUT2D eigenvalue weighted by Crippen LogP contribution is -2.39. The highest BCUT2D eigenvalue weighted by atomic mass is 16.5. The van der Waals surface area contributed by atoms with Crippen LogP contribution in [0.2, 0.25) is 0 Å². The van der Waals surface area contributed by atoms with Crippen LogP contribution in [-0.2, 0) is 9.47 Å². The summed E-state index contributed by atoms with van der Waals surface area (Å²) in [6.45, 7) is 2.02. The lowest BCUT2D eigenvalue weighted by Gasteiger charge is -2.27. The Balaban J connectivity index is 1.60. The first kappa shape index (κ1) is 9.44. The number of hydrogen-bond donors (Lipinski definition) is 1. The predicted molar refractivity (Wildman–Crippen MR) is 48.5 cm³/mol. The van der Waals surface area contributed by atoms with Gasteiger partial charge in [-0.25, -0.2) is 0 Å². The lowest BCUT2D eigenvalue weighted by atomic mass is 10.1. The molecule has 2 rings (SSSR count). The molecule has 0 radical (unpaired) electrons. The summed E-state index contributed by atoms with van der Waals surface area (Å²) in [6, 6.07) is 0. The molecule has 1 heterocycles. The van der Waals surface area contributed by atoms with Crippen molar-refractivity contribution in [1.29, 1.82) is 0 Å². The third kappa shape index (κ3) is 2.93. The van der Waals surface area contributed by atoms with Gasteiger partial charge in [0.25, 0.3) is 0 Å². The molecule has 0 spiro atoms. The minimum absolute atomic E-state index is 0.0764. The average molecular weight is 186 g/mol. The van der Waals surface area contributed by atoms with Gasteiger partial charge in [0.2, 0.25) is 0 Å². The minimum Gasteiger partial charge on any atom is -0.390 e. The third-order valence-electron chi connectivity index (χ3n) is 2.82. The molecule has 2 aliphatic rings. The zero-order valence-electron chi connectivity index (χ0n) is 7.95. The molecule has 3 nitrogen and oxygen atoms in total. The maximum atomic E-state index is 9.54. The van der Waals surface area contributed by atoms with E-state index in [4.69, 9.17) is 9.47 Å². The van der Waals surface area contributed by atoms with Crippen LogP contribution < -0.4 is 0 Å². The largest absolute Gasteiger partial charge is 0.390 e. The Bertz CT molecular complexity index is 156. The fourth-order valence-electron chi connectivity index (χ4n) is 1.65. The van der Waals surface area contributed by atoms with Crippen LogP contribution in [0.5, 0.6) is 0 Å². The van der Waals surface area contributed by atoms with Gasteiger partial charge in [-0.15, -0.1) is 0 Å². The van der Waals surface area contributed by atoms with E-state index in [2.05, 4.69) is 0 Å². The van der Waals surface area contributed by atoms with Gasteiger partial charge in [-0.3, -0.25) is 0 Å². The molecule has 1 saturated heterocycles. The Morgan fingerprint density at radius 1 is 1.31 bits per heavy atom. The molecule has 0 aromatic heterocycles. The smallest absolute Gasteiger partial charge is 0.107 e. The zero-order valence-corrected chi connectivity index (χ0v) is 7.95. The van der Waals surface area contributed by atoms with Crippen LogP contribution in [0.4, 0.5) is 0 Å². The molecule has 1 aliphatic heterocycles. The molecule has 0 aromatic rings. The van der Waals surface area contributed by atoms with Crippen LogP contribution in [0.25, 0.3) is 0 Å². The first-order valence-electron chi connectivity index (χ1n) is 5.23. The van der Waals surface area contributed by atoms with E-state index in [0.29, 0.717) is 19.6 Å². The normalized spacial score (nSPS) is 34.8. The van der Waals surface area contributed by atoms with Gasteiger partial charge in [0, 0.05) is 13.2 Å². The van der Waals surface area contributed by atoms with Crippen molar-refractivity contribution >= 4 is 0 Å². The van der Waals surface area contributed by atoms with E-state index in [1.54, 1.807) is 0 Å². The number of ether oxygens (including phenoxy) is 2. The summed E-state index contributed by atoms with van der Waals surface area (Å²) >= 11 is 0. The Morgan fingerprint density at radius 2 is 2.15 bits per heavy atom. The second kappa shape index (κ2) is 4.40. The quantitative estimate of drug-likeness (QED) is 0.710. The predicted octanol–water partition coefficient (Wildman–Crippen LogP) is 0.953. The monoisotopic (exact) mass is 186 g/mol. The van der Waals surface area contributed by atoms with E-state index in [1.165, 1.54) is 12.8 Å². The molecule has 2 atom stereocenters. The fourth-order valence-corrected chi connectivity index (χ4v) is 1.65. The van der Waals surface area contributed by atoms with E-state index in [9.17, 15) is 5.11 Å². The van der Waals surface area contributed by atoms with Gasteiger partial charge >= 0.3 is 0 Å². The van der Waals surface area contributed by atoms with Crippen molar-refractivity contribution in [3.8, 4) is 0 Å². The molecule has 1 N–H and O–H groups in total. The van der Waals surface area contributed by atoms with Gasteiger partial charge in [0.1, 0.15) is 6.10 Å². The number of rotatable bonds is 4. The Morgan fingerprint density at radius 3 is 2.85 bits per heavy atom. The van der Waals surface area contributed by atoms with Gasteiger partial charge in [-0.05, 0) is 18.8 Å². The SMILES string of the molecule is OC1CCOCC1OCCC1CC1. The summed E-state index contributed by atoms with van der Waals surface area (Å²) in [5, 5.41) is 9.54. The van der Waals surface area contributed by atoms with Gasteiger partial charge in [0.15, 0.2) is 0 Å². The molecular formula is C10H18O3. The molecule has 0 aromatic carbocycles. The highest BCUT2D eigenvalue weighted by Gasteiger charge is 2.26. The zero-order chi connectivity index (χ0) is 9.10. The maximum Gasteiger partial charge on any atom is 0.107 e. The van der Waals surface area contributed by atoms with Gasteiger partial charge < -0.3 is 14.6 Å². The second-order valence-corrected chi connectivity index (χ2v) is 4.07. The highest BCUT2D eigenvalue weighted by Crippen LogP contribution is 2.32. The van der Waals surface area contributed by atoms with Crippen LogP contribution in [0.3, 0.4) is 0 Å². The van der Waals surface area contributed by atoms with E-state index in [0.717, 1.165) is 18.9 Å². The van der Waals surface area contributed by atoms with E-state index in [-0.39, 0.29) is 12.2 Å². The standard InChI is InChI=1S/C10H18O3/c11-9-4-5-12-7-10(9)13-6-3-8-1-2-8/h8-11H,1-7H2. The van der Waals surface area contributed by atoms with Gasteiger partial charge in [-0.2, -0.15) is 0 Å². The molecule has 0 amide bonds. The summed E-state index contributed by atoms with van der Waals surface area (Å²) in [6.07, 6.45) is 4.22. The van der Waals surface area contributed by atoms with Crippen molar-refractivity contribution in [2.75, 3.05) is 19.8 Å². The summed E-state index contributed by atoms with van der Waals surface area (Å²) in [5.74, 6) is 0.904. The summed E-state index contributed by atoms with van der Waals surface area (Å²) in [7, 11) is 0. The second-order valence-electron chi connectivity index (χ2n) is 4.07. The molecule has 2 unspecified atom stereocenters. The third-order valence-corrected chi connectivity index (χ3v) is 2.82. The van der Waals surface area contributed by atoms with Crippen LogP contribution in [0, 0.1) is 5.92 Å². The van der Waals surface area contributed by atoms with Gasteiger partial charge in [0.05, 0.1) is 12.7 Å². The van der Waals surface area contributed by atoms with Crippen LogP contribution >= 0.6 is 0 Å². The van der Waals surface area contributed by atoms with E-state index < -0.39 is 0 Å². The van der Waals surface area contributed by atoms with Gasteiger partial charge in [-0.1, -0.05) is 12.8 Å². The molecular weight excluding hydrogens is 168 g/mol. The Labute approximate surface area is 79.0 Å². The van der Waals surface area contributed by atoms with E-state index in [1.807, 2.05) is 0 Å². The molecule has 3 heteroatoms. The molecule has 0 bridgehead atoms. The lowest BCUT2D eigenvalue weighted by molar-refractivity contribution is -0.118. The van der Waals surface area contributed by atoms with Crippen molar-refractivity contribution in [2.45, 2.75) is 37.9 Å². The molecule has 76 valence electrons. The first-order chi connectivity index (χ1) is 6.36. The summed E-state index contributed by atoms with van der Waals surface area (Å²) in [4.78, 5) is 0. The molecule has 2 fully saturated rings. The van der Waals surface area contributed by atoms with Crippen molar-refractivity contribution in [3.63, 3.8) is 0 Å². The van der Waals surface area contributed by atoms with E-state index >= 15 is 0 Å². The molecule has 1 aliphatic carbocycles. The number of aliphatic hydroxyl groups excluding tert-OH is 1. The summed E-state index contributed by atoms with van der Waals surface area (Å²) in [5.41, 5.74) is 0. The Kier molecular flexibility index (Phi) is 3.19. The summed E-state index contributed by atoms with van der Waals surface area (Å²) < 4.78 is 10.8. The van der Waals surface area contributed by atoms with Crippen molar-refractivity contribution in [1.82, 2.24) is 0 Å². The average Bonchev–Trinajstić information content (AvgIpc) is 2.92. The minimum atomic E-state index is -0.312. The highest BCUT2D eigenvalue weighted by molar-refractivity contribution is 4.75.